The average molecular weight is 342 g/mol. The minimum atomic E-state index is -1.09. The van der Waals surface area contributed by atoms with Crippen molar-refractivity contribution in [3.63, 3.8) is 0 Å². The quantitative estimate of drug-likeness (QED) is 0.442. The molecule has 0 saturated carbocycles. The van der Waals surface area contributed by atoms with Crippen LogP contribution in [0.5, 0.6) is 0 Å². The van der Waals surface area contributed by atoms with E-state index in [2.05, 4.69) is 28.9 Å². The van der Waals surface area contributed by atoms with Crippen LogP contribution in [0.25, 0.3) is 0 Å². The van der Waals surface area contributed by atoms with Crippen molar-refractivity contribution in [3.8, 4) is 0 Å². The number of ether oxygens (including phenoxy) is 4. The summed E-state index contributed by atoms with van der Waals surface area (Å²) in [6, 6.07) is 0. The Morgan fingerprint density at radius 2 is 1.12 bits per heavy atom. The van der Waals surface area contributed by atoms with Crippen LogP contribution >= 0.6 is 0 Å². The van der Waals surface area contributed by atoms with Crippen molar-refractivity contribution >= 4 is 35.5 Å². The second-order valence-corrected chi connectivity index (χ2v) is 4.00. The van der Waals surface area contributed by atoms with Crippen molar-refractivity contribution in [2.45, 2.75) is 0 Å². The molecule has 0 radical (unpaired) electrons. The second-order valence-electron chi connectivity index (χ2n) is 4.00. The Kier molecular flexibility index (Phi) is 6.40. The molecule has 4 N–H and O–H groups in total. The number of methoxy groups -OCH3 is 2. The maximum Gasteiger partial charge on any atom is 0.361 e. The van der Waals surface area contributed by atoms with Gasteiger partial charge in [-0.05, 0) is 0 Å². The number of nitrogen functional groups attached to an aromatic ring is 2. The monoisotopic (exact) mass is 342 g/mol. The van der Waals surface area contributed by atoms with E-state index in [0.717, 1.165) is 14.2 Å². The van der Waals surface area contributed by atoms with Crippen LogP contribution in [0, 0.1) is 0 Å². The fourth-order valence-corrected chi connectivity index (χ4v) is 1.27. The fraction of sp³-hybridized carbons (Fsp3) is 0.333. The first-order valence-corrected chi connectivity index (χ1v) is 6.21. The molecular weight excluding hydrogens is 328 g/mol. The lowest BCUT2D eigenvalue weighted by atomic mass is 10.3. The summed E-state index contributed by atoms with van der Waals surface area (Å²) in [6.45, 7) is -1.33. The summed E-state index contributed by atoms with van der Waals surface area (Å²) in [7, 11) is 2.22. The normalized spacial score (nSPS) is 9.75. The molecule has 12 nitrogen and oxygen atoms in total. The standard InChI is InChI=1S/C12H14N4O8/c1-21-5(17)3-23-11(19)7-9(13)16-8(10(14)15-7)12(20)24-4-6(18)22-2/h3-4H2,1-2H3,(H2,14,15)(H2,13,16). The number of carbonyl (C=O) groups is 4. The van der Waals surface area contributed by atoms with Crippen molar-refractivity contribution < 1.29 is 38.1 Å². The number of aromatic nitrogens is 2. The van der Waals surface area contributed by atoms with Gasteiger partial charge in [0, 0.05) is 0 Å². The Bertz CT molecular complexity index is 618. The third kappa shape index (κ3) is 4.79. The molecule has 1 aromatic heterocycles. The van der Waals surface area contributed by atoms with E-state index in [1.54, 1.807) is 0 Å². The summed E-state index contributed by atoms with van der Waals surface area (Å²) in [5, 5.41) is 0. The first kappa shape index (κ1) is 18.6. The molecule has 12 heteroatoms. The molecule has 130 valence electrons. The molecule has 0 fully saturated rings. The summed E-state index contributed by atoms with van der Waals surface area (Å²) in [5.74, 6) is -4.75. The van der Waals surface area contributed by atoms with E-state index in [9.17, 15) is 19.2 Å². The van der Waals surface area contributed by atoms with Crippen molar-refractivity contribution in [3.05, 3.63) is 11.4 Å². The highest BCUT2D eigenvalue weighted by atomic mass is 16.6. The summed E-state index contributed by atoms with van der Waals surface area (Å²) in [5.41, 5.74) is 10.0. The molecule has 1 heterocycles. The van der Waals surface area contributed by atoms with Gasteiger partial charge in [0.15, 0.2) is 36.2 Å². The molecule has 0 aliphatic carbocycles. The van der Waals surface area contributed by atoms with Gasteiger partial charge in [-0.15, -0.1) is 0 Å². The minimum absolute atomic E-state index is 0.482. The highest BCUT2D eigenvalue weighted by Gasteiger charge is 2.23. The van der Waals surface area contributed by atoms with Gasteiger partial charge in [0.25, 0.3) is 0 Å². The molecule has 0 spiro atoms. The maximum absolute atomic E-state index is 11.7. The molecule has 0 aliphatic heterocycles. The first-order chi connectivity index (χ1) is 11.3. The van der Waals surface area contributed by atoms with Crippen LogP contribution in [0.3, 0.4) is 0 Å². The number of rotatable bonds is 6. The van der Waals surface area contributed by atoms with E-state index >= 15 is 0 Å². The van der Waals surface area contributed by atoms with Crippen LogP contribution in [-0.4, -0.2) is 61.3 Å². The summed E-state index contributed by atoms with van der Waals surface area (Å²) < 4.78 is 17.7. The summed E-state index contributed by atoms with van der Waals surface area (Å²) in [6.07, 6.45) is 0. The fourth-order valence-electron chi connectivity index (χ4n) is 1.27. The van der Waals surface area contributed by atoms with Gasteiger partial charge in [-0.1, -0.05) is 0 Å². The Hall–Kier alpha value is -3.44. The lowest BCUT2D eigenvalue weighted by Gasteiger charge is -2.09. The zero-order chi connectivity index (χ0) is 18.3. The second kappa shape index (κ2) is 8.26. The number of nitrogens with two attached hydrogens (primary N) is 2. The van der Waals surface area contributed by atoms with Gasteiger partial charge < -0.3 is 30.4 Å². The average Bonchev–Trinajstić information content (AvgIpc) is 2.58. The molecule has 1 rings (SSSR count). The zero-order valence-corrected chi connectivity index (χ0v) is 12.7. The Morgan fingerprint density at radius 3 is 1.42 bits per heavy atom. The van der Waals surface area contributed by atoms with Crippen LogP contribution < -0.4 is 11.5 Å². The molecule has 0 aromatic carbocycles. The molecule has 0 unspecified atom stereocenters. The smallest absolute Gasteiger partial charge is 0.361 e. The molecule has 0 amide bonds. The number of hydrogen-bond acceptors (Lipinski definition) is 12. The third-order valence-corrected chi connectivity index (χ3v) is 2.43. The molecule has 1 aromatic rings. The zero-order valence-electron chi connectivity index (χ0n) is 12.7. The van der Waals surface area contributed by atoms with Crippen molar-refractivity contribution in [2.75, 3.05) is 38.9 Å². The van der Waals surface area contributed by atoms with Gasteiger partial charge >= 0.3 is 23.9 Å². The van der Waals surface area contributed by atoms with Crippen LogP contribution in [0.4, 0.5) is 11.6 Å². The van der Waals surface area contributed by atoms with E-state index in [1.807, 2.05) is 0 Å². The highest BCUT2D eigenvalue weighted by molar-refractivity contribution is 5.97. The minimum Gasteiger partial charge on any atom is -0.466 e. The molecule has 24 heavy (non-hydrogen) atoms. The number of carbonyl (C=O) groups excluding carboxylic acids is 4. The third-order valence-electron chi connectivity index (χ3n) is 2.43. The SMILES string of the molecule is COC(=O)COC(=O)c1nc(N)c(C(=O)OCC(=O)OC)nc1N. The largest absolute Gasteiger partial charge is 0.466 e. The lowest BCUT2D eigenvalue weighted by Crippen LogP contribution is -2.22. The first-order valence-electron chi connectivity index (χ1n) is 6.21. The Labute approximate surface area is 135 Å². The van der Waals surface area contributed by atoms with Crippen LogP contribution in [0.15, 0.2) is 0 Å². The van der Waals surface area contributed by atoms with Crippen LogP contribution in [-0.2, 0) is 28.5 Å². The van der Waals surface area contributed by atoms with Crippen molar-refractivity contribution in [2.24, 2.45) is 0 Å². The molecule has 0 atom stereocenters. The Morgan fingerprint density at radius 1 is 0.792 bits per heavy atom. The Balaban J connectivity index is 2.89. The number of nitrogens with zero attached hydrogens (tertiary/aromatic N) is 2. The predicted molar refractivity (Wildman–Crippen MR) is 75.5 cm³/mol. The molecule has 0 bridgehead atoms. The van der Waals surface area contributed by atoms with Gasteiger partial charge in [-0.25, -0.2) is 29.1 Å². The van der Waals surface area contributed by atoms with Crippen molar-refractivity contribution in [1.29, 1.82) is 0 Å². The van der Waals surface area contributed by atoms with Crippen LogP contribution in [0.1, 0.15) is 21.0 Å². The van der Waals surface area contributed by atoms with E-state index in [4.69, 9.17) is 11.5 Å². The van der Waals surface area contributed by atoms with Gasteiger partial charge in [0.1, 0.15) is 0 Å². The molecular formula is C12H14N4O8. The number of anilines is 2. The van der Waals surface area contributed by atoms with E-state index in [0.29, 0.717) is 0 Å². The van der Waals surface area contributed by atoms with Gasteiger partial charge in [-0.2, -0.15) is 0 Å². The van der Waals surface area contributed by atoms with E-state index in [-0.39, 0.29) is 0 Å². The lowest BCUT2D eigenvalue weighted by molar-refractivity contribution is -0.144. The number of esters is 4. The predicted octanol–water partition coefficient (Wildman–Crippen LogP) is -1.70. The highest BCUT2D eigenvalue weighted by Crippen LogP contribution is 2.15. The summed E-state index contributed by atoms with van der Waals surface area (Å²) >= 11 is 0. The van der Waals surface area contributed by atoms with Gasteiger partial charge in [-0.3, -0.25) is 0 Å². The molecule has 0 saturated heterocycles. The maximum atomic E-state index is 11.7. The number of hydrogen-bond donors (Lipinski definition) is 2. The van der Waals surface area contributed by atoms with Gasteiger partial charge in [0.05, 0.1) is 14.2 Å². The molecule has 0 aliphatic rings. The van der Waals surface area contributed by atoms with Crippen molar-refractivity contribution in [1.82, 2.24) is 9.97 Å². The van der Waals surface area contributed by atoms with E-state index in [1.165, 1.54) is 0 Å². The summed E-state index contributed by atoms with van der Waals surface area (Å²) in [4.78, 5) is 52.4. The topological polar surface area (TPSA) is 183 Å². The van der Waals surface area contributed by atoms with Gasteiger partial charge in [0.2, 0.25) is 0 Å². The van der Waals surface area contributed by atoms with Crippen LogP contribution in [0.2, 0.25) is 0 Å². The van der Waals surface area contributed by atoms with E-state index < -0.39 is 60.1 Å².